The van der Waals surface area contributed by atoms with Crippen molar-refractivity contribution in [3.8, 4) is 0 Å². The molecule has 184 valence electrons. The van der Waals surface area contributed by atoms with E-state index < -0.39 is 48.6 Å². The molecule has 2 unspecified atom stereocenters. The third-order valence-corrected chi connectivity index (χ3v) is 4.72. The number of ketones is 2. The number of esters is 2. The summed E-state index contributed by atoms with van der Waals surface area (Å²) in [6, 6.07) is 0. The number of carboxylic acid groups (broad SMARTS) is 2. The Hall–Kier alpha value is -1.14. The molecule has 0 aliphatic carbocycles. The Balaban J connectivity index is 0. The summed E-state index contributed by atoms with van der Waals surface area (Å²) in [7, 11) is 0. The molecule has 0 aromatic rings. The van der Waals surface area contributed by atoms with E-state index in [2.05, 4.69) is 0 Å². The standard InChI is InChI=1S/C22H34O10.K.H/c1-15(23)9-5-3-7-11-31-21(29)17(13-19(25)26)18(14-20(27)28)22(30)32-12-8-4-6-10-16(2)24;;/h17-18H,3-14H2,1-2H3,(H,25,26)(H,27,28);;. The summed E-state index contributed by atoms with van der Waals surface area (Å²) < 4.78 is 10.2. The van der Waals surface area contributed by atoms with Crippen molar-refractivity contribution in [3.63, 3.8) is 0 Å². The number of rotatable bonds is 19. The number of carbonyl (C=O) groups is 6. The first-order valence-corrected chi connectivity index (χ1v) is 10.8. The van der Waals surface area contributed by atoms with Crippen LogP contribution in [-0.2, 0) is 38.2 Å². The van der Waals surface area contributed by atoms with Gasteiger partial charge in [-0.1, -0.05) is 0 Å². The van der Waals surface area contributed by atoms with Gasteiger partial charge in [-0.3, -0.25) is 19.2 Å². The van der Waals surface area contributed by atoms with Gasteiger partial charge in [-0.2, -0.15) is 0 Å². The number of carboxylic acids is 2. The van der Waals surface area contributed by atoms with Gasteiger partial charge in [0.2, 0.25) is 0 Å². The summed E-state index contributed by atoms with van der Waals surface area (Å²) in [6.45, 7) is 2.89. The Morgan fingerprint density at radius 3 is 1.21 bits per heavy atom. The van der Waals surface area contributed by atoms with Crippen molar-refractivity contribution in [2.75, 3.05) is 13.2 Å². The number of Topliss-reactive ketones (excluding diaryl/α,β-unsaturated/α-hetero) is 2. The molecule has 0 aromatic heterocycles. The molecule has 0 fully saturated rings. The van der Waals surface area contributed by atoms with E-state index in [1.165, 1.54) is 13.8 Å². The second kappa shape index (κ2) is 20.2. The van der Waals surface area contributed by atoms with E-state index in [-0.39, 0.29) is 76.2 Å². The van der Waals surface area contributed by atoms with Gasteiger partial charge in [0.05, 0.1) is 37.9 Å². The van der Waals surface area contributed by atoms with E-state index in [0.29, 0.717) is 51.4 Å². The summed E-state index contributed by atoms with van der Waals surface area (Å²) in [5.74, 6) is -7.57. The van der Waals surface area contributed by atoms with Crippen LogP contribution in [0.3, 0.4) is 0 Å². The zero-order valence-electron chi connectivity index (χ0n) is 18.8. The topological polar surface area (TPSA) is 161 Å². The number of aliphatic carboxylic acids is 2. The predicted molar refractivity (Wildman–Crippen MR) is 119 cm³/mol. The third-order valence-electron chi connectivity index (χ3n) is 4.72. The fourth-order valence-corrected chi connectivity index (χ4v) is 3.02. The molecule has 11 heteroatoms. The first-order chi connectivity index (χ1) is 15.0. The van der Waals surface area contributed by atoms with Crippen LogP contribution in [0.25, 0.3) is 0 Å². The number of hydrogen-bond acceptors (Lipinski definition) is 8. The molecule has 2 atom stereocenters. The predicted octanol–water partition coefficient (Wildman–Crippen LogP) is 1.90. The molecular formula is C22H35KO10. The number of hydrogen-bond donors (Lipinski definition) is 2. The van der Waals surface area contributed by atoms with E-state index >= 15 is 0 Å². The number of ether oxygens (including phenoxy) is 2. The molecule has 0 aliphatic rings. The molecule has 10 nitrogen and oxygen atoms in total. The molecule has 0 heterocycles. The molecule has 0 saturated heterocycles. The molecule has 0 aromatic carbocycles. The van der Waals surface area contributed by atoms with Gasteiger partial charge in [0, 0.05) is 12.8 Å². The van der Waals surface area contributed by atoms with Gasteiger partial charge in [0.15, 0.2) is 0 Å². The summed E-state index contributed by atoms with van der Waals surface area (Å²) in [6.07, 6.45) is 2.70. The van der Waals surface area contributed by atoms with Crippen LogP contribution in [0.15, 0.2) is 0 Å². The minimum absolute atomic E-state index is 0. The Labute approximate surface area is 236 Å². The molecular weight excluding hydrogens is 463 g/mol. The molecule has 0 radical (unpaired) electrons. The van der Waals surface area contributed by atoms with Crippen molar-refractivity contribution < 1.29 is 48.5 Å². The van der Waals surface area contributed by atoms with Crippen LogP contribution in [0.2, 0.25) is 0 Å². The monoisotopic (exact) mass is 498 g/mol. The first-order valence-electron chi connectivity index (χ1n) is 10.8. The summed E-state index contributed by atoms with van der Waals surface area (Å²) in [5, 5.41) is 18.3. The van der Waals surface area contributed by atoms with Gasteiger partial charge in [0.1, 0.15) is 11.6 Å². The third kappa shape index (κ3) is 18.9. The van der Waals surface area contributed by atoms with Gasteiger partial charge in [0.25, 0.3) is 0 Å². The first kappa shape index (κ1) is 34.0. The van der Waals surface area contributed by atoms with Gasteiger partial charge in [-0.05, 0) is 52.4 Å². The van der Waals surface area contributed by atoms with Gasteiger partial charge in [-0.15, -0.1) is 0 Å². The van der Waals surface area contributed by atoms with E-state index in [4.69, 9.17) is 19.7 Å². The van der Waals surface area contributed by atoms with Crippen molar-refractivity contribution >= 4 is 86.8 Å². The van der Waals surface area contributed by atoms with E-state index in [0.717, 1.165) is 0 Å². The van der Waals surface area contributed by atoms with Gasteiger partial charge < -0.3 is 29.3 Å². The summed E-state index contributed by atoms with van der Waals surface area (Å²) >= 11 is 0. The average molecular weight is 499 g/mol. The molecule has 0 amide bonds. The fraction of sp³-hybridized carbons (Fsp3) is 0.727. The Morgan fingerprint density at radius 1 is 0.606 bits per heavy atom. The van der Waals surface area contributed by atoms with Crippen LogP contribution < -0.4 is 0 Å². The Morgan fingerprint density at radius 2 is 0.939 bits per heavy atom. The van der Waals surface area contributed by atoms with Crippen molar-refractivity contribution in [1.29, 1.82) is 0 Å². The maximum absolute atomic E-state index is 12.5. The normalized spacial score (nSPS) is 12.1. The molecule has 33 heavy (non-hydrogen) atoms. The SMILES string of the molecule is CC(=O)CCCCCOC(=O)C(CC(=O)O)C(CC(=O)O)C(=O)OCCCCCC(C)=O.[KH]. The summed E-state index contributed by atoms with van der Waals surface area (Å²) in [5.41, 5.74) is 0. The molecule has 0 spiro atoms. The second-order valence-corrected chi connectivity index (χ2v) is 7.77. The Bertz CT molecular complexity index is 606. The van der Waals surface area contributed by atoms with E-state index in [9.17, 15) is 28.8 Å². The van der Waals surface area contributed by atoms with Crippen LogP contribution >= 0.6 is 0 Å². The molecule has 2 N–H and O–H groups in total. The van der Waals surface area contributed by atoms with E-state index in [1.807, 2.05) is 0 Å². The number of unbranched alkanes of at least 4 members (excludes halogenated alkanes) is 4. The molecule has 0 aliphatic heterocycles. The molecule has 0 saturated carbocycles. The quantitative estimate of drug-likeness (QED) is 0.153. The van der Waals surface area contributed by atoms with Crippen molar-refractivity contribution in [3.05, 3.63) is 0 Å². The molecule has 0 rings (SSSR count). The Kier molecular flexibility index (Phi) is 20.9. The van der Waals surface area contributed by atoms with Crippen molar-refractivity contribution in [2.24, 2.45) is 11.8 Å². The molecule has 0 bridgehead atoms. The van der Waals surface area contributed by atoms with Crippen LogP contribution in [0, 0.1) is 11.8 Å². The van der Waals surface area contributed by atoms with Crippen LogP contribution in [0.1, 0.15) is 78.1 Å². The van der Waals surface area contributed by atoms with Crippen LogP contribution in [0.4, 0.5) is 0 Å². The average Bonchev–Trinajstić information content (AvgIpc) is 2.68. The van der Waals surface area contributed by atoms with E-state index in [1.54, 1.807) is 0 Å². The van der Waals surface area contributed by atoms with Crippen LogP contribution in [-0.4, -0.2) is 110 Å². The maximum atomic E-state index is 12.5. The van der Waals surface area contributed by atoms with Gasteiger partial charge in [-0.25, -0.2) is 0 Å². The minimum atomic E-state index is -1.49. The fourth-order valence-electron chi connectivity index (χ4n) is 3.02. The van der Waals surface area contributed by atoms with Crippen LogP contribution in [0.5, 0.6) is 0 Å². The zero-order chi connectivity index (χ0) is 24.5. The van der Waals surface area contributed by atoms with Crippen molar-refractivity contribution in [2.45, 2.75) is 78.1 Å². The van der Waals surface area contributed by atoms with Gasteiger partial charge >= 0.3 is 75.3 Å². The summed E-state index contributed by atoms with van der Waals surface area (Å²) in [4.78, 5) is 69.2. The van der Waals surface area contributed by atoms with Crippen molar-refractivity contribution in [1.82, 2.24) is 0 Å². The zero-order valence-corrected chi connectivity index (χ0v) is 18.8. The number of carbonyl (C=O) groups excluding carboxylic acids is 4. The second-order valence-electron chi connectivity index (χ2n) is 7.77.